The lowest BCUT2D eigenvalue weighted by Crippen LogP contribution is -2.01. The Labute approximate surface area is 119 Å². The van der Waals surface area contributed by atoms with Crippen molar-refractivity contribution in [3.63, 3.8) is 0 Å². The number of nitrogens with one attached hydrogen (secondary N) is 2. The number of hydrogen-bond donors (Lipinski definition) is 2. The van der Waals surface area contributed by atoms with Gasteiger partial charge in [-0.15, -0.1) is 0 Å². The highest BCUT2D eigenvalue weighted by Gasteiger charge is 2.01. The quantitative estimate of drug-likeness (QED) is 0.725. The van der Waals surface area contributed by atoms with Gasteiger partial charge in [-0.1, -0.05) is 6.07 Å². The molecule has 0 radical (unpaired) electrons. The van der Waals surface area contributed by atoms with E-state index in [1.165, 1.54) is 0 Å². The van der Waals surface area contributed by atoms with E-state index in [0.29, 0.717) is 6.54 Å². The summed E-state index contributed by atoms with van der Waals surface area (Å²) in [6, 6.07) is 12.0. The third-order valence-electron chi connectivity index (χ3n) is 2.85. The first-order valence-corrected chi connectivity index (χ1v) is 6.82. The Morgan fingerprint density at radius 3 is 2.95 bits per heavy atom. The van der Waals surface area contributed by atoms with Crippen molar-refractivity contribution in [1.82, 2.24) is 15.0 Å². The molecule has 0 saturated heterocycles. The van der Waals surface area contributed by atoms with Gasteiger partial charge in [0.2, 0.25) is 0 Å². The molecule has 4 nitrogen and oxygen atoms in total. The molecular formula is C14H13BrN4. The molecule has 0 atom stereocenters. The molecule has 19 heavy (non-hydrogen) atoms. The van der Waals surface area contributed by atoms with E-state index in [9.17, 15) is 0 Å². The van der Waals surface area contributed by atoms with E-state index in [4.69, 9.17) is 0 Å². The number of anilines is 1. The molecule has 0 spiro atoms. The normalized spacial score (nSPS) is 10.8. The summed E-state index contributed by atoms with van der Waals surface area (Å²) in [6.07, 6.45) is 0. The van der Waals surface area contributed by atoms with Crippen molar-refractivity contribution in [2.75, 3.05) is 5.32 Å². The zero-order valence-electron chi connectivity index (χ0n) is 10.4. The lowest BCUT2D eigenvalue weighted by atomic mass is 10.2. The molecule has 2 N–H and O–H groups in total. The Bertz CT molecular complexity index is 720. The van der Waals surface area contributed by atoms with E-state index in [1.807, 2.05) is 37.3 Å². The number of nitrogens with zero attached hydrogens (tertiary/aromatic N) is 2. The van der Waals surface area contributed by atoms with Crippen molar-refractivity contribution >= 4 is 32.7 Å². The minimum atomic E-state index is 0.693. The highest BCUT2D eigenvalue weighted by molar-refractivity contribution is 9.10. The van der Waals surface area contributed by atoms with Crippen molar-refractivity contribution < 1.29 is 0 Å². The fourth-order valence-corrected chi connectivity index (χ4v) is 2.37. The second-order valence-corrected chi connectivity index (χ2v) is 5.17. The summed E-state index contributed by atoms with van der Waals surface area (Å²) < 4.78 is 0.853. The number of rotatable bonds is 3. The van der Waals surface area contributed by atoms with Crippen LogP contribution in [-0.4, -0.2) is 15.0 Å². The summed E-state index contributed by atoms with van der Waals surface area (Å²) in [6.45, 7) is 2.65. The second kappa shape index (κ2) is 5.01. The first-order chi connectivity index (χ1) is 9.20. The largest absolute Gasteiger partial charge is 0.379 e. The van der Waals surface area contributed by atoms with Gasteiger partial charge in [-0.3, -0.25) is 0 Å². The number of fused-ring (bicyclic) bond motifs is 1. The third kappa shape index (κ3) is 2.76. The van der Waals surface area contributed by atoms with Crippen LogP contribution >= 0.6 is 15.9 Å². The van der Waals surface area contributed by atoms with Crippen molar-refractivity contribution in [2.24, 2.45) is 0 Å². The zero-order chi connectivity index (χ0) is 13.2. The highest BCUT2D eigenvalue weighted by atomic mass is 79.9. The standard InChI is InChI=1S/C14H13BrN4/c1-9-17-12-6-5-10(7-13(12)18-9)16-8-11-3-2-4-14(15)19-11/h2-7,16H,8H2,1H3,(H,17,18). The van der Waals surface area contributed by atoms with E-state index >= 15 is 0 Å². The first kappa shape index (κ1) is 12.2. The van der Waals surface area contributed by atoms with Gasteiger partial charge in [-0.2, -0.15) is 0 Å². The molecule has 0 fully saturated rings. The van der Waals surface area contributed by atoms with E-state index in [2.05, 4.69) is 42.3 Å². The molecule has 5 heteroatoms. The van der Waals surface area contributed by atoms with Crippen LogP contribution in [0.25, 0.3) is 11.0 Å². The molecule has 0 amide bonds. The smallest absolute Gasteiger partial charge is 0.106 e. The number of pyridine rings is 1. The van der Waals surface area contributed by atoms with Gasteiger partial charge in [0.15, 0.2) is 0 Å². The van der Waals surface area contributed by atoms with Crippen LogP contribution < -0.4 is 5.32 Å². The maximum atomic E-state index is 4.39. The van der Waals surface area contributed by atoms with Crippen LogP contribution in [0, 0.1) is 6.92 Å². The highest BCUT2D eigenvalue weighted by Crippen LogP contribution is 2.17. The topological polar surface area (TPSA) is 53.6 Å². The molecule has 0 saturated carbocycles. The van der Waals surface area contributed by atoms with Crippen LogP contribution in [0.3, 0.4) is 0 Å². The van der Waals surface area contributed by atoms with Gasteiger partial charge in [0.05, 0.1) is 23.3 Å². The molecule has 0 aliphatic heterocycles. The van der Waals surface area contributed by atoms with Gasteiger partial charge >= 0.3 is 0 Å². The summed E-state index contributed by atoms with van der Waals surface area (Å²) in [5.41, 5.74) is 4.08. The van der Waals surface area contributed by atoms with Gasteiger partial charge in [-0.05, 0) is 53.2 Å². The summed E-state index contributed by atoms with van der Waals surface area (Å²) >= 11 is 3.37. The minimum absolute atomic E-state index is 0.693. The van der Waals surface area contributed by atoms with Crippen LogP contribution in [0.4, 0.5) is 5.69 Å². The number of imidazole rings is 1. The number of aryl methyl sites for hydroxylation is 1. The van der Waals surface area contributed by atoms with Gasteiger partial charge < -0.3 is 10.3 Å². The molecule has 2 heterocycles. The Morgan fingerprint density at radius 2 is 2.11 bits per heavy atom. The lowest BCUT2D eigenvalue weighted by Gasteiger charge is -2.06. The predicted octanol–water partition coefficient (Wildman–Crippen LogP) is 3.64. The number of benzene rings is 1. The minimum Gasteiger partial charge on any atom is -0.379 e. The Morgan fingerprint density at radius 1 is 1.21 bits per heavy atom. The molecule has 0 aliphatic rings. The average Bonchev–Trinajstić information content (AvgIpc) is 2.75. The van der Waals surface area contributed by atoms with Crippen molar-refractivity contribution in [3.05, 3.63) is 52.5 Å². The van der Waals surface area contributed by atoms with E-state index in [1.54, 1.807) is 0 Å². The number of halogens is 1. The second-order valence-electron chi connectivity index (χ2n) is 4.36. The van der Waals surface area contributed by atoms with E-state index in [0.717, 1.165) is 32.8 Å². The molecule has 96 valence electrons. The molecule has 0 unspecified atom stereocenters. The van der Waals surface area contributed by atoms with Gasteiger partial charge in [0.1, 0.15) is 10.4 Å². The molecule has 0 bridgehead atoms. The van der Waals surface area contributed by atoms with Crippen LogP contribution in [-0.2, 0) is 6.54 Å². The number of hydrogen-bond acceptors (Lipinski definition) is 3. The zero-order valence-corrected chi connectivity index (χ0v) is 12.0. The summed E-state index contributed by atoms with van der Waals surface area (Å²) in [4.78, 5) is 12.0. The van der Waals surface area contributed by atoms with Crippen LogP contribution in [0.5, 0.6) is 0 Å². The Kier molecular flexibility index (Phi) is 3.21. The maximum Gasteiger partial charge on any atom is 0.106 e. The maximum absolute atomic E-state index is 4.39. The fraction of sp³-hybridized carbons (Fsp3) is 0.143. The summed E-state index contributed by atoms with van der Waals surface area (Å²) in [5, 5.41) is 3.36. The molecule has 2 aromatic heterocycles. The molecule has 3 rings (SSSR count). The molecule has 3 aromatic rings. The summed E-state index contributed by atoms with van der Waals surface area (Å²) in [7, 11) is 0. The van der Waals surface area contributed by atoms with E-state index in [-0.39, 0.29) is 0 Å². The Balaban J connectivity index is 1.78. The van der Waals surface area contributed by atoms with Gasteiger partial charge in [-0.25, -0.2) is 9.97 Å². The number of aromatic nitrogens is 3. The van der Waals surface area contributed by atoms with Crippen molar-refractivity contribution in [1.29, 1.82) is 0 Å². The average molecular weight is 317 g/mol. The van der Waals surface area contributed by atoms with Crippen LogP contribution in [0.1, 0.15) is 11.5 Å². The van der Waals surface area contributed by atoms with Gasteiger partial charge in [0.25, 0.3) is 0 Å². The van der Waals surface area contributed by atoms with Crippen molar-refractivity contribution in [3.8, 4) is 0 Å². The summed E-state index contributed by atoms with van der Waals surface area (Å²) in [5.74, 6) is 0.931. The SMILES string of the molecule is Cc1nc2ccc(NCc3cccc(Br)n3)cc2[nH]1. The number of aromatic amines is 1. The molecule has 1 aromatic carbocycles. The number of H-pyrrole nitrogens is 1. The third-order valence-corrected chi connectivity index (χ3v) is 3.29. The fourth-order valence-electron chi connectivity index (χ4n) is 1.99. The predicted molar refractivity (Wildman–Crippen MR) is 80.1 cm³/mol. The van der Waals surface area contributed by atoms with Crippen LogP contribution in [0.2, 0.25) is 0 Å². The van der Waals surface area contributed by atoms with Crippen LogP contribution in [0.15, 0.2) is 41.0 Å². The van der Waals surface area contributed by atoms with Crippen molar-refractivity contribution in [2.45, 2.75) is 13.5 Å². The Hall–Kier alpha value is -1.88. The van der Waals surface area contributed by atoms with E-state index < -0.39 is 0 Å². The molecule has 0 aliphatic carbocycles. The van der Waals surface area contributed by atoms with Gasteiger partial charge in [0, 0.05) is 5.69 Å². The lowest BCUT2D eigenvalue weighted by molar-refractivity contribution is 1.03. The first-order valence-electron chi connectivity index (χ1n) is 6.02. The molecular weight excluding hydrogens is 304 g/mol. The monoisotopic (exact) mass is 316 g/mol.